The van der Waals surface area contributed by atoms with Crippen LogP contribution in [0.5, 0.6) is 0 Å². The number of azide groups is 1. The lowest BCUT2D eigenvalue weighted by Gasteiger charge is -2.30. The number of para-hydroxylation sites is 2. The van der Waals surface area contributed by atoms with Gasteiger partial charge in [-0.05, 0) is 66.2 Å². The summed E-state index contributed by atoms with van der Waals surface area (Å²) in [5, 5.41) is 4.52. The number of rotatable bonds is 3. The monoisotopic (exact) mass is 625 g/mol. The van der Waals surface area contributed by atoms with Gasteiger partial charge >= 0.3 is 0 Å². The maximum absolute atomic E-state index is 12.4. The Morgan fingerprint density at radius 3 is 1.62 bits per heavy atom. The van der Waals surface area contributed by atoms with Crippen molar-refractivity contribution >= 4 is 92.9 Å². The van der Waals surface area contributed by atoms with Crippen LogP contribution in [-0.4, -0.2) is 24.2 Å². The molecule has 0 saturated carbocycles. The molecule has 0 fully saturated rings. The van der Waals surface area contributed by atoms with Crippen LogP contribution >= 0.6 is 58.3 Å². The predicted octanol–water partition coefficient (Wildman–Crippen LogP) is 9.49. The van der Waals surface area contributed by atoms with Crippen molar-refractivity contribution in [1.29, 1.82) is 0 Å². The van der Waals surface area contributed by atoms with Gasteiger partial charge < -0.3 is 0 Å². The molecule has 0 unspecified atom stereocenters. The number of carbonyl (C=O) groups excluding carboxylic acids is 2. The number of nitrogens with zero attached hydrogens (tertiary/aromatic N) is 5. The minimum absolute atomic E-state index is 0.0645. The summed E-state index contributed by atoms with van der Waals surface area (Å²) in [7, 11) is 0. The van der Waals surface area contributed by atoms with Gasteiger partial charge in [-0.2, -0.15) is 0 Å². The Morgan fingerprint density at radius 2 is 1.15 bits per heavy atom. The van der Waals surface area contributed by atoms with Crippen LogP contribution in [0.15, 0.2) is 110 Å². The smallest absolute Gasteiger partial charge is 0.246 e. The molecule has 2 aliphatic rings. The predicted molar refractivity (Wildman–Crippen MR) is 163 cm³/mol. The highest BCUT2D eigenvalue weighted by atomic mass is 35.5. The van der Waals surface area contributed by atoms with E-state index in [0.717, 1.165) is 36.6 Å². The Kier molecular flexibility index (Phi) is 8.81. The molecule has 0 aliphatic carbocycles. The first-order valence-corrected chi connectivity index (χ1v) is 14.7. The molecule has 0 radical (unpaired) electrons. The van der Waals surface area contributed by atoms with Crippen molar-refractivity contribution in [2.45, 2.75) is 19.6 Å². The van der Waals surface area contributed by atoms with E-state index >= 15 is 0 Å². The second kappa shape index (κ2) is 12.5. The third-order valence-electron chi connectivity index (χ3n) is 5.86. The molecule has 6 rings (SSSR count). The average molecular weight is 627 g/mol. The molecule has 0 N–H and O–H groups in total. The maximum Gasteiger partial charge on any atom is 0.246 e. The number of hydrogen-bond acceptors (Lipinski definition) is 5. The van der Waals surface area contributed by atoms with Crippen molar-refractivity contribution in [2.24, 2.45) is 5.11 Å². The second-order valence-corrected chi connectivity index (χ2v) is 11.7. The van der Waals surface area contributed by atoms with Crippen molar-refractivity contribution in [3.8, 4) is 0 Å². The van der Waals surface area contributed by atoms with Crippen LogP contribution in [-0.2, 0) is 9.59 Å². The third kappa shape index (κ3) is 5.76. The van der Waals surface area contributed by atoms with Gasteiger partial charge in [-0.25, -0.2) is 0 Å². The van der Waals surface area contributed by atoms with Gasteiger partial charge in [0.2, 0.25) is 11.8 Å². The number of alkyl halides is 1. The quantitative estimate of drug-likeness (QED) is 0.0980. The van der Waals surface area contributed by atoms with E-state index in [4.69, 9.17) is 40.3 Å². The molecular weight excluding hydrogens is 609 g/mol. The minimum Gasteiger partial charge on any atom is -0.279 e. The van der Waals surface area contributed by atoms with Gasteiger partial charge in [-0.1, -0.05) is 76.1 Å². The minimum atomic E-state index is -0.288. The molecule has 12 heteroatoms. The van der Waals surface area contributed by atoms with Gasteiger partial charge in [-0.15, -0.1) is 11.6 Å². The lowest BCUT2D eigenvalue weighted by molar-refractivity contribution is -0.117. The molecule has 0 aromatic heterocycles. The van der Waals surface area contributed by atoms with E-state index in [0.29, 0.717) is 15.7 Å². The van der Waals surface area contributed by atoms with Crippen LogP contribution in [0, 0.1) is 0 Å². The fraction of sp³-hybridized carbons (Fsp3) is 0.0714. The fourth-order valence-electron chi connectivity index (χ4n) is 4.22. The number of halogens is 3. The normalized spacial score (nSPS) is 12.5. The summed E-state index contributed by atoms with van der Waals surface area (Å²) in [6.45, 7) is -0.235. The summed E-state index contributed by atoms with van der Waals surface area (Å²) < 4.78 is 0. The zero-order chi connectivity index (χ0) is 28.2. The second-order valence-electron chi connectivity index (χ2n) is 8.34. The van der Waals surface area contributed by atoms with Crippen LogP contribution in [0.2, 0.25) is 10.0 Å². The summed E-state index contributed by atoms with van der Waals surface area (Å²) in [6, 6.07) is 26.3. The van der Waals surface area contributed by atoms with Gasteiger partial charge in [-0.3, -0.25) is 19.4 Å². The molecule has 4 aromatic rings. The van der Waals surface area contributed by atoms with E-state index in [-0.39, 0.29) is 24.2 Å². The standard InChI is InChI=1S/C14H9Cl2NOS.C14H9ClN4OS/c15-8-14(18)17-10-3-1-2-4-12(10)19-13-6-5-9(16)7-11(13)17;15-9-5-6-13-11(7-9)19(14(20)8-17-18-16)10-3-1-2-4-12(10)21-13/h1-7H,8H2;1-7H,8H2. The Balaban J connectivity index is 0.000000162. The molecule has 2 aliphatic heterocycles. The summed E-state index contributed by atoms with van der Waals surface area (Å²) in [5.41, 5.74) is 11.5. The van der Waals surface area contributed by atoms with Gasteiger partial charge in [0.15, 0.2) is 0 Å². The van der Waals surface area contributed by atoms with Crippen LogP contribution in [0.1, 0.15) is 0 Å². The number of hydrogen-bond donors (Lipinski definition) is 0. The molecular formula is C28H18Cl3N5O2S2. The molecule has 2 heterocycles. The molecule has 0 saturated heterocycles. The summed E-state index contributed by atoms with van der Waals surface area (Å²) in [4.78, 5) is 34.3. The van der Waals surface area contributed by atoms with Crippen LogP contribution in [0.4, 0.5) is 22.7 Å². The van der Waals surface area contributed by atoms with Gasteiger partial charge in [0.05, 0.1) is 22.7 Å². The molecule has 40 heavy (non-hydrogen) atoms. The summed E-state index contributed by atoms with van der Waals surface area (Å²) in [6.07, 6.45) is 0. The van der Waals surface area contributed by atoms with E-state index in [9.17, 15) is 9.59 Å². The molecule has 7 nitrogen and oxygen atoms in total. The Hall–Kier alpha value is -3.30. The third-order valence-corrected chi connectivity index (χ3v) is 8.82. The van der Waals surface area contributed by atoms with Crippen LogP contribution in [0.25, 0.3) is 10.4 Å². The van der Waals surface area contributed by atoms with Crippen LogP contribution < -0.4 is 9.80 Å². The van der Waals surface area contributed by atoms with Crippen molar-refractivity contribution in [3.05, 3.63) is 105 Å². The Bertz CT molecular complexity index is 1680. The summed E-state index contributed by atoms with van der Waals surface area (Å²) in [5.74, 6) is -0.507. The average Bonchev–Trinajstić information content (AvgIpc) is 2.97. The van der Waals surface area contributed by atoms with Gasteiger partial charge in [0.1, 0.15) is 12.4 Å². The largest absolute Gasteiger partial charge is 0.279 e. The van der Waals surface area contributed by atoms with Crippen molar-refractivity contribution < 1.29 is 9.59 Å². The first-order chi connectivity index (χ1) is 19.4. The fourth-order valence-corrected chi connectivity index (χ4v) is 6.74. The van der Waals surface area contributed by atoms with E-state index in [1.165, 1.54) is 0 Å². The maximum atomic E-state index is 12.4. The van der Waals surface area contributed by atoms with E-state index in [2.05, 4.69) is 10.0 Å². The van der Waals surface area contributed by atoms with Crippen molar-refractivity contribution in [1.82, 2.24) is 0 Å². The number of anilines is 4. The molecule has 200 valence electrons. The van der Waals surface area contributed by atoms with Gasteiger partial charge in [0.25, 0.3) is 0 Å². The molecule has 0 atom stereocenters. The molecule has 0 bridgehead atoms. The van der Waals surface area contributed by atoms with Crippen molar-refractivity contribution in [2.75, 3.05) is 22.2 Å². The lowest BCUT2D eigenvalue weighted by Crippen LogP contribution is -2.30. The molecule has 0 spiro atoms. The number of fused-ring (bicyclic) bond motifs is 4. The lowest BCUT2D eigenvalue weighted by atomic mass is 10.2. The van der Waals surface area contributed by atoms with Crippen LogP contribution in [0.3, 0.4) is 0 Å². The first kappa shape index (κ1) is 28.2. The summed E-state index contributed by atoms with van der Waals surface area (Å²) >= 11 is 21.0. The number of carbonyl (C=O) groups is 2. The zero-order valence-corrected chi connectivity index (χ0v) is 24.4. The SMILES string of the molecule is O=C(CCl)N1c2ccccc2Sc2ccc(Cl)cc21.[N-]=[N+]=NCC(=O)N1c2ccccc2Sc2ccc(Cl)cc21. The molecule has 2 amide bonds. The van der Waals surface area contributed by atoms with E-state index in [1.807, 2.05) is 66.7 Å². The molecule has 4 aromatic carbocycles. The number of amides is 2. The Morgan fingerprint density at radius 1 is 0.700 bits per heavy atom. The first-order valence-electron chi connectivity index (χ1n) is 11.8. The highest BCUT2D eigenvalue weighted by Gasteiger charge is 2.29. The Labute approximate surface area is 253 Å². The highest BCUT2D eigenvalue weighted by molar-refractivity contribution is 8.00. The number of benzene rings is 4. The van der Waals surface area contributed by atoms with Gasteiger partial charge in [0, 0.05) is 34.5 Å². The zero-order valence-electron chi connectivity index (χ0n) is 20.5. The highest BCUT2D eigenvalue weighted by Crippen LogP contribution is 2.50. The topological polar surface area (TPSA) is 89.4 Å². The van der Waals surface area contributed by atoms with Crippen molar-refractivity contribution in [3.63, 3.8) is 0 Å². The van der Waals surface area contributed by atoms with E-state index in [1.54, 1.807) is 51.5 Å². The van der Waals surface area contributed by atoms with E-state index < -0.39 is 0 Å².